The summed E-state index contributed by atoms with van der Waals surface area (Å²) in [5.74, 6) is 0.0264. The Hall–Kier alpha value is -2.14. The topological polar surface area (TPSA) is 51.5 Å². The maximum Gasteiger partial charge on any atom is 0.308 e. The molecule has 0 bridgehead atoms. The molecular formula is C20H22FNO3. The van der Waals surface area contributed by atoms with E-state index in [4.69, 9.17) is 4.74 Å². The highest BCUT2D eigenvalue weighted by Gasteiger charge is 2.30. The van der Waals surface area contributed by atoms with Crippen molar-refractivity contribution in [3.63, 3.8) is 0 Å². The lowest BCUT2D eigenvalue weighted by Crippen LogP contribution is -2.33. The van der Waals surface area contributed by atoms with E-state index < -0.39 is 6.10 Å². The molecule has 2 aromatic rings. The summed E-state index contributed by atoms with van der Waals surface area (Å²) in [6.07, 6.45) is 2.81. The smallest absolute Gasteiger partial charge is 0.308 e. The zero-order valence-corrected chi connectivity index (χ0v) is 14.0. The van der Waals surface area contributed by atoms with Crippen molar-refractivity contribution in [2.45, 2.75) is 56.8 Å². The number of carbonyl (C=O) groups is 1. The van der Waals surface area contributed by atoms with Crippen molar-refractivity contribution < 1.29 is 19.0 Å². The molecule has 2 fully saturated rings. The predicted molar refractivity (Wildman–Crippen MR) is 91.5 cm³/mol. The predicted octanol–water partition coefficient (Wildman–Crippen LogP) is 3.63. The van der Waals surface area contributed by atoms with Crippen LogP contribution in [-0.2, 0) is 16.1 Å². The molecule has 2 atom stereocenters. The molecule has 0 spiro atoms. The zero-order chi connectivity index (χ0) is 17.4. The number of benzene rings is 1. The fourth-order valence-electron chi connectivity index (χ4n) is 3.65. The Morgan fingerprint density at radius 1 is 1.16 bits per heavy atom. The van der Waals surface area contributed by atoms with Crippen molar-refractivity contribution in [1.29, 1.82) is 0 Å². The second-order valence-corrected chi connectivity index (χ2v) is 7.07. The van der Waals surface area contributed by atoms with Gasteiger partial charge in [0, 0.05) is 30.8 Å². The first kappa shape index (κ1) is 16.3. The SMILES string of the molecule is O=C1C[C@@H](O)C[C@H](CCn2c(-c3ccc(F)cc3)ccc2C2CC2)O1. The van der Waals surface area contributed by atoms with Gasteiger partial charge in [-0.1, -0.05) is 0 Å². The third-order valence-electron chi connectivity index (χ3n) is 5.06. The standard InChI is InChI=1S/C20H22FNO3/c21-15-5-3-14(4-6-15)19-8-7-18(13-1-2-13)22(19)10-9-17-11-16(23)12-20(24)25-17/h3-8,13,16-17,23H,1-2,9-12H2/t16-,17-/m0/s1. The third kappa shape index (κ3) is 3.61. The number of aliphatic hydroxyl groups is 1. The molecule has 1 aromatic heterocycles. The Balaban J connectivity index is 1.56. The molecule has 132 valence electrons. The molecule has 5 heteroatoms. The number of aromatic nitrogens is 1. The van der Waals surface area contributed by atoms with Gasteiger partial charge >= 0.3 is 5.97 Å². The highest BCUT2D eigenvalue weighted by Crippen LogP contribution is 2.42. The molecule has 0 radical (unpaired) electrons. The highest BCUT2D eigenvalue weighted by atomic mass is 19.1. The monoisotopic (exact) mass is 343 g/mol. The van der Waals surface area contributed by atoms with Gasteiger partial charge in [0.1, 0.15) is 11.9 Å². The summed E-state index contributed by atoms with van der Waals surface area (Å²) in [5, 5.41) is 9.78. The summed E-state index contributed by atoms with van der Waals surface area (Å²) in [6.45, 7) is 0.718. The fourth-order valence-corrected chi connectivity index (χ4v) is 3.65. The van der Waals surface area contributed by atoms with Crippen LogP contribution >= 0.6 is 0 Å². The lowest BCUT2D eigenvalue weighted by molar-refractivity contribution is -0.160. The van der Waals surface area contributed by atoms with Crippen LogP contribution in [-0.4, -0.2) is 27.9 Å². The van der Waals surface area contributed by atoms with E-state index in [2.05, 4.69) is 16.7 Å². The second-order valence-electron chi connectivity index (χ2n) is 7.07. The van der Waals surface area contributed by atoms with E-state index in [9.17, 15) is 14.3 Å². The van der Waals surface area contributed by atoms with Crippen LogP contribution in [0.15, 0.2) is 36.4 Å². The van der Waals surface area contributed by atoms with E-state index in [-0.39, 0.29) is 24.3 Å². The van der Waals surface area contributed by atoms with Gasteiger partial charge < -0.3 is 14.4 Å². The number of esters is 1. The first-order valence-electron chi connectivity index (χ1n) is 8.93. The molecule has 25 heavy (non-hydrogen) atoms. The van der Waals surface area contributed by atoms with E-state index >= 15 is 0 Å². The summed E-state index contributed by atoms with van der Waals surface area (Å²) in [7, 11) is 0. The lowest BCUT2D eigenvalue weighted by atomic mass is 10.0. The van der Waals surface area contributed by atoms with Crippen LogP contribution in [0.1, 0.15) is 43.7 Å². The average Bonchev–Trinajstić information content (AvgIpc) is 3.33. The molecular weight excluding hydrogens is 321 g/mol. The number of carbonyl (C=O) groups excluding carboxylic acids is 1. The van der Waals surface area contributed by atoms with Crippen LogP contribution in [0.25, 0.3) is 11.3 Å². The molecule has 2 aliphatic rings. The van der Waals surface area contributed by atoms with Crippen molar-refractivity contribution in [3.8, 4) is 11.3 Å². The summed E-state index contributed by atoms with van der Waals surface area (Å²) in [4.78, 5) is 11.5. The molecule has 1 N–H and O–H groups in total. The minimum atomic E-state index is -0.601. The maximum absolute atomic E-state index is 13.2. The van der Waals surface area contributed by atoms with Crippen LogP contribution in [0.5, 0.6) is 0 Å². The van der Waals surface area contributed by atoms with Crippen molar-refractivity contribution in [1.82, 2.24) is 4.57 Å². The largest absolute Gasteiger partial charge is 0.462 e. The number of ether oxygens (including phenoxy) is 1. The number of nitrogens with zero attached hydrogens (tertiary/aromatic N) is 1. The molecule has 1 saturated carbocycles. The number of rotatable bonds is 5. The first-order chi connectivity index (χ1) is 12.1. The van der Waals surface area contributed by atoms with Crippen LogP contribution < -0.4 is 0 Å². The summed E-state index contributed by atoms with van der Waals surface area (Å²) >= 11 is 0. The van der Waals surface area contributed by atoms with Gasteiger partial charge in [0.2, 0.25) is 0 Å². The van der Waals surface area contributed by atoms with Crippen molar-refractivity contribution >= 4 is 5.97 Å². The lowest BCUT2D eigenvalue weighted by Gasteiger charge is -2.26. The Morgan fingerprint density at radius 2 is 1.92 bits per heavy atom. The number of hydrogen-bond donors (Lipinski definition) is 1. The molecule has 0 amide bonds. The fraction of sp³-hybridized carbons (Fsp3) is 0.450. The van der Waals surface area contributed by atoms with Gasteiger partial charge in [-0.05, 0) is 60.7 Å². The molecule has 1 aromatic carbocycles. The molecule has 1 saturated heterocycles. The zero-order valence-electron chi connectivity index (χ0n) is 14.0. The van der Waals surface area contributed by atoms with Gasteiger partial charge in [-0.25, -0.2) is 4.39 Å². The van der Waals surface area contributed by atoms with Crippen LogP contribution in [0.2, 0.25) is 0 Å². The van der Waals surface area contributed by atoms with Crippen molar-refractivity contribution in [2.24, 2.45) is 0 Å². The van der Waals surface area contributed by atoms with E-state index in [1.54, 1.807) is 12.1 Å². The van der Waals surface area contributed by atoms with Crippen molar-refractivity contribution in [3.05, 3.63) is 47.9 Å². The highest BCUT2D eigenvalue weighted by molar-refractivity contribution is 5.71. The van der Waals surface area contributed by atoms with E-state index in [0.29, 0.717) is 18.8 Å². The summed E-state index contributed by atoms with van der Waals surface area (Å²) in [6, 6.07) is 10.8. The summed E-state index contributed by atoms with van der Waals surface area (Å²) < 4.78 is 20.9. The van der Waals surface area contributed by atoms with Crippen LogP contribution in [0.3, 0.4) is 0 Å². The molecule has 4 nitrogen and oxygen atoms in total. The van der Waals surface area contributed by atoms with Gasteiger partial charge in [-0.15, -0.1) is 0 Å². The Labute approximate surface area is 146 Å². The molecule has 1 aliphatic heterocycles. The first-order valence-corrected chi connectivity index (χ1v) is 8.93. The third-order valence-corrected chi connectivity index (χ3v) is 5.06. The van der Waals surface area contributed by atoms with Crippen LogP contribution in [0, 0.1) is 5.82 Å². The van der Waals surface area contributed by atoms with Crippen LogP contribution in [0.4, 0.5) is 4.39 Å². The molecule has 2 heterocycles. The minimum Gasteiger partial charge on any atom is -0.462 e. The van der Waals surface area contributed by atoms with Gasteiger partial charge in [0.05, 0.1) is 12.5 Å². The van der Waals surface area contributed by atoms with Gasteiger partial charge in [-0.2, -0.15) is 0 Å². The summed E-state index contributed by atoms with van der Waals surface area (Å²) in [5.41, 5.74) is 3.33. The molecule has 0 unspecified atom stereocenters. The number of halogens is 1. The quantitative estimate of drug-likeness (QED) is 0.844. The van der Waals surface area contributed by atoms with E-state index in [0.717, 1.165) is 17.8 Å². The molecule has 1 aliphatic carbocycles. The average molecular weight is 343 g/mol. The Bertz CT molecular complexity index is 764. The Morgan fingerprint density at radius 3 is 2.60 bits per heavy atom. The Kier molecular flexibility index (Phi) is 4.34. The van der Waals surface area contributed by atoms with Gasteiger partial charge in [0.15, 0.2) is 0 Å². The number of aliphatic hydroxyl groups excluding tert-OH is 1. The second kappa shape index (κ2) is 6.64. The van der Waals surface area contributed by atoms with Gasteiger partial charge in [0.25, 0.3) is 0 Å². The molecule has 4 rings (SSSR count). The van der Waals surface area contributed by atoms with Crippen molar-refractivity contribution in [2.75, 3.05) is 0 Å². The number of hydrogen-bond acceptors (Lipinski definition) is 3. The minimum absolute atomic E-state index is 0.0914. The maximum atomic E-state index is 13.2. The normalized spacial score (nSPS) is 23.5. The number of cyclic esters (lactones) is 1. The van der Waals surface area contributed by atoms with E-state index in [1.165, 1.54) is 30.7 Å². The van der Waals surface area contributed by atoms with E-state index in [1.807, 2.05) is 0 Å². The van der Waals surface area contributed by atoms with Gasteiger partial charge in [-0.3, -0.25) is 4.79 Å².